The minimum atomic E-state index is 1.11. The highest BCUT2D eigenvalue weighted by Crippen LogP contribution is 2.13. The van der Waals surface area contributed by atoms with E-state index in [2.05, 4.69) is 25.7 Å². The number of hydrogen-bond donors (Lipinski definition) is 0. The van der Waals surface area contributed by atoms with Crippen LogP contribution in [0.15, 0.2) is 0 Å². The highest BCUT2D eigenvalue weighted by Gasteiger charge is 1.94. The minimum Gasteiger partial charge on any atom is -0.103 e. The van der Waals surface area contributed by atoms with Gasteiger partial charge in [0.15, 0.2) is 0 Å². The van der Waals surface area contributed by atoms with E-state index in [9.17, 15) is 0 Å². The van der Waals surface area contributed by atoms with Crippen molar-refractivity contribution in [1.29, 1.82) is 0 Å². The van der Waals surface area contributed by atoms with E-state index in [4.69, 9.17) is 0 Å². The molecule has 2 radical (unpaired) electrons. The summed E-state index contributed by atoms with van der Waals surface area (Å²) in [7, 11) is 0. The smallest absolute Gasteiger partial charge is 0.00886 e. The summed E-state index contributed by atoms with van der Waals surface area (Å²) in [4.78, 5) is 0. The summed E-state index contributed by atoms with van der Waals surface area (Å²) in [6.07, 6.45) is 32.4. The normalized spacial score (nSPS) is 10.8. The lowest BCUT2D eigenvalue weighted by Gasteiger charge is -2.02. The topological polar surface area (TPSA) is 0 Å². The maximum atomic E-state index is 3.91. The van der Waals surface area contributed by atoms with Crippen LogP contribution in [0.4, 0.5) is 0 Å². The second-order valence-corrected chi connectivity index (χ2v) is 8.63. The van der Waals surface area contributed by atoms with Crippen molar-refractivity contribution in [1.82, 2.24) is 0 Å². The van der Waals surface area contributed by atoms with Gasteiger partial charge in [0.1, 0.15) is 0 Å². The molecular formula is C28H52. The Morgan fingerprint density at radius 2 is 0.500 bits per heavy atom. The van der Waals surface area contributed by atoms with Crippen LogP contribution < -0.4 is 0 Å². The van der Waals surface area contributed by atoms with Crippen molar-refractivity contribution in [2.24, 2.45) is 0 Å². The van der Waals surface area contributed by atoms with Crippen molar-refractivity contribution in [3.05, 3.63) is 13.8 Å². The van der Waals surface area contributed by atoms with Crippen molar-refractivity contribution in [2.45, 2.75) is 154 Å². The largest absolute Gasteiger partial charge is 0.103 e. The van der Waals surface area contributed by atoms with Crippen LogP contribution in [0.2, 0.25) is 0 Å². The summed E-state index contributed by atoms with van der Waals surface area (Å²) in [6, 6.07) is 0. The number of unbranched alkanes of at least 4 members (excludes halogenated alkanes) is 22. The van der Waals surface area contributed by atoms with Gasteiger partial charge in [-0.1, -0.05) is 142 Å². The Morgan fingerprint density at radius 1 is 0.286 bits per heavy atom. The standard InChI is InChI=1S/C28H52/c1-3-5-7-9-11-13-15-17-19-21-23-25-27-28-26-24-22-20-18-16-14-12-10-8-6-4-2/h1-23,25,27-28H2. The zero-order valence-electron chi connectivity index (χ0n) is 19.4. The first-order chi connectivity index (χ1) is 13.9. The lowest BCUT2D eigenvalue weighted by Crippen LogP contribution is -1.83. The Bertz CT molecular complexity index is 319. The summed E-state index contributed by atoms with van der Waals surface area (Å²) in [5, 5.41) is 0. The molecule has 0 saturated heterocycles. The zero-order valence-corrected chi connectivity index (χ0v) is 19.4. The predicted octanol–water partition coefficient (Wildman–Crippen LogP) is 10.0. The summed E-state index contributed by atoms with van der Waals surface area (Å²) < 4.78 is 0. The van der Waals surface area contributed by atoms with Crippen LogP contribution in [0.3, 0.4) is 0 Å². The SMILES string of the molecule is [CH2]CCCCCCCCCCC#CCCCCCCCCCCCCCC[CH2]. The first-order valence-electron chi connectivity index (χ1n) is 13.0. The summed E-state index contributed by atoms with van der Waals surface area (Å²) >= 11 is 0. The van der Waals surface area contributed by atoms with Crippen LogP contribution in [0.25, 0.3) is 0 Å². The first-order valence-corrected chi connectivity index (χ1v) is 13.0. The fourth-order valence-electron chi connectivity index (χ4n) is 3.79. The van der Waals surface area contributed by atoms with Crippen LogP contribution in [0.5, 0.6) is 0 Å². The quantitative estimate of drug-likeness (QED) is 0.128. The molecule has 0 aromatic carbocycles. The molecule has 0 bridgehead atoms. The molecule has 0 aromatic heterocycles. The molecule has 0 nitrogen and oxygen atoms in total. The summed E-state index contributed by atoms with van der Waals surface area (Å²) in [5.74, 6) is 6.78. The van der Waals surface area contributed by atoms with E-state index in [0.717, 1.165) is 25.7 Å². The molecule has 0 amide bonds. The lowest BCUT2D eigenvalue weighted by atomic mass is 10.0. The lowest BCUT2D eigenvalue weighted by molar-refractivity contribution is 0.542. The highest BCUT2D eigenvalue weighted by atomic mass is 14.0. The molecular weight excluding hydrogens is 336 g/mol. The van der Waals surface area contributed by atoms with Crippen LogP contribution in [0, 0.1) is 25.7 Å². The fraction of sp³-hybridized carbons (Fsp3) is 0.857. The van der Waals surface area contributed by atoms with Crippen molar-refractivity contribution in [3.8, 4) is 11.8 Å². The van der Waals surface area contributed by atoms with E-state index >= 15 is 0 Å². The van der Waals surface area contributed by atoms with Crippen LogP contribution in [-0.4, -0.2) is 0 Å². The van der Waals surface area contributed by atoms with Crippen molar-refractivity contribution in [2.75, 3.05) is 0 Å². The Balaban J connectivity index is 3.08. The predicted molar refractivity (Wildman–Crippen MR) is 129 cm³/mol. The van der Waals surface area contributed by atoms with Crippen LogP contribution in [-0.2, 0) is 0 Å². The Morgan fingerprint density at radius 3 is 0.750 bits per heavy atom. The maximum absolute atomic E-state index is 3.91. The molecule has 0 aromatic rings. The van der Waals surface area contributed by atoms with Crippen LogP contribution in [0.1, 0.15) is 154 Å². The molecule has 0 aliphatic rings. The van der Waals surface area contributed by atoms with Gasteiger partial charge in [0.05, 0.1) is 0 Å². The fourth-order valence-corrected chi connectivity index (χ4v) is 3.79. The molecule has 0 unspecified atom stereocenters. The Hall–Kier alpha value is -0.440. The monoisotopic (exact) mass is 388 g/mol. The molecule has 0 heteroatoms. The second-order valence-electron chi connectivity index (χ2n) is 8.63. The van der Waals surface area contributed by atoms with E-state index < -0.39 is 0 Å². The summed E-state index contributed by atoms with van der Waals surface area (Å²) in [5.41, 5.74) is 0. The molecule has 0 aliphatic carbocycles. The van der Waals surface area contributed by atoms with Gasteiger partial charge in [0.25, 0.3) is 0 Å². The zero-order chi connectivity index (χ0) is 20.4. The van der Waals surface area contributed by atoms with Gasteiger partial charge in [0, 0.05) is 12.8 Å². The van der Waals surface area contributed by atoms with Crippen molar-refractivity contribution >= 4 is 0 Å². The Labute approximate surface area is 180 Å². The number of hydrogen-bond acceptors (Lipinski definition) is 0. The van der Waals surface area contributed by atoms with Gasteiger partial charge in [-0.2, -0.15) is 0 Å². The van der Waals surface area contributed by atoms with E-state index in [1.54, 1.807) is 0 Å². The van der Waals surface area contributed by atoms with Crippen molar-refractivity contribution < 1.29 is 0 Å². The number of rotatable bonds is 22. The molecule has 0 spiro atoms. The molecule has 0 aliphatic heterocycles. The van der Waals surface area contributed by atoms with Gasteiger partial charge in [-0.25, -0.2) is 0 Å². The molecule has 0 atom stereocenters. The summed E-state index contributed by atoms with van der Waals surface area (Å²) in [6.45, 7) is 7.81. The average molecular weight is 389 g/mol. The molecule has 0 rings (SSSR count). The third-order valence-corrected chi connectivity index (χ3v) is 5.73. The Kier molecular flexibility index (Phi) is 26.1. The molecule has 28 heavy (non-hydrogen) atoms. The molecule has 0 saturated carbocycles. The molecule has 0 fully saturated rings. The van der Waals surface area contributed by atoms with E-state index in [1.807, 2.05) is 0 Å². The van der Waals surface area contributed by atoms with Gasteiger partial charge in [-0.15, -0.1) is 11.8 Å². The second kappa shape index (κ2) is 26.6. The van der Waals surface area contributed by atoms with E-state index in [0.29, 0.717) is 0 Å². The van der Waals surface area contributed by atoms with Gasteiger partial charge < -0.3 is 0 Å². The first kappa shape index (κ1) is 27.6. The third-order valence-electron chi connectivity index (χ3n) is 5.73. The average Bonchev–Trinajstić information content (AvgIpc) is 2.71. The minimum absolute atomic E-state index is 1.11. The van der Waals surface area contributed by atoms with E-state index in [-0.39, 0.29) is 0 Å². The highest BCUT2D eigenvalue weighted by molar-refractivity contribution is 4.98. The van der Waals surface area contributed by atoms with Gasteiger partial charge >= 0.3 is 0 Å². The van der Waals surface area contributed by atoms with E-state index in [1.165, 1.54) is 128 Å². The molecule has 0 heterocycles. The van der Waals surface area contributed by atoms with Gasteiger partial charge in [-0.05, 0) is 12.8 Å². The molecule has 0 N–H and O–H groups in total. The third kappa shape index (κ3) is 25.6. The van der Waals surface area contributed by atoms with Gasteiger partial charge in [-0.3, -0.25) is 0 Å². The van der Waals surface area contributed by atoms with Gasteiger partial charge in [0.2, 0.25) is 0 Å². The molecule has 164 valence electrons. The maximum Gasteiger partial charge on any atom is 0.00886 e. The van der Waals surface area contributed by atoms with Crippen LogP contribution >= 0.6 is 0 Å². The van der Waals surface area contributed by atoms with Crippen molar-refractivity contribution in [3.63, 3.8) is 0 Å².